The summed E-state index contributed by atoms with van der Waals surface area (Å²) in [7, 11) is 0. The molecule has 1 heterocycles. The second kappa shape index (κ2) is 3.18. The molecule has 0 saturated carbocycles. The molecule has 0 unspecified atom stereocenters. The molecule has 0 bridgehead atoms. The summed E-state index contributed by atoms with van der Waals surface area (Å²) >= 11 is 0. The van der Waals surface area contributed by atoms with E-state index < -0.39 is 6.10 Å². The minimum absolute atomic E-state index is 0.380. The normalized spacial score (nSPS) is 20.8. The van der Waals surface area contributed by atoms with E-state index in [9.17, 15) is 4.79 Å². The fraction of sp³-hybridized carbons (Fsp3) is 0.300. The second-order valence-electron chi connectivity index (χ2n) is 3.17. The van der Waals surface area contributed by atoms with Crippen molar-refractivity contribution in [2.45, 2.75) is 19.1 Å². The Morgan fingerprint density at radius 3 is 2.77 bits per heavy atom. The molecule has 0 radical (unpaired) electrons. The maximum Gasteiger partial charge on any atom is 0.246 e. The van der Waals surface area contributed by atoms with Crippen molar-refractivity contribution in [3.05, 3.63) is 35.4 Å². The van der Waals surface area contributed by atoms with Crippen molar-refractivity contribution in [2.24, 2.45) is 5.73 Å². The smallest absolute Gasteiger partial charge is 0.246 e. The van der Waals surface area contributed by atoms with Gasteiger partial charge in [-0.3, -0.25) is 4.79 Å². The highest BCUT2D eigenvalue weighted by molar-refractivity contribution is 5.79. The van der Waals surface area contributed by atoms with Crippen molar-refractivity contribution in [3.63, 3.8) is 0 Å². The zero-order valence-corrected chi connectivity index (χ0v) is 7.19. The van der Waals surface area contributed by atoms with Crippen LogP contribution in [0.5, 0.6) is 0 Å². The molecule has 68 valence electrons. The van der Waals surface area contributed by atoms with Crippen LogP contribution in [0.4, 0.5) is 0 Å². The van der Waals surface area contributed by atoms with Crippen LogP contribution < -0.4 is 5.73 Å². The van der Waals surface area contributed by atoms with Gasteiger partial charge in [0.2, 0.25) is 5.91 Å². The number of nitrogens with two attached hydrogens (primary N) is 1. The first kappa shape index (κ1) is 8.26. The number of fused-ring (bicyclic) bond motifs is 1. The van der Waals surface area contributed by atoms with E-state index in [-0.39, 0.29) is 5.91 Å². The molecule has 3 nitrogen and oxygen atoms in total. The molecule has 0 aromatic heterocycles. The van der Waals surface area contributed by atoms with Gasteiger partial charge in [0.15, 0.2) is 0 Å². The third-order valence-corrected chi connectivity index (χ3v) is 2.28. The summed E-state index contributed by atoms with van der Waals surface area (Å²) in [6, 6.07) is 7.94. The summed E-state index contributed by atoms with van der Waals surface area (Å²) in [4.78, 5) is 10.9. The van der Waals surface area contributed by atoms with Gasteiger partial charge in [-0.25, -0.2) is 0 Å². The van der Waals surface area contributed by atoms with Crippen molar-refractivity contribution in [2.75, 3.05) is 0 Å². The molecule has 1 atom stereocenters. The molecule has 2 rings (SSSR count). The molecule has 0 aliphatic carbocycles. The van der Waals surface area contributed by atoms with Gasteiger partial charge in [0, 0.05) is 6.42 Å². The molecule has 0 saturated heterocycles. The quantitative estimate of drug-likeness (QED) is 0.683. The number of hydrogen-bond donors (Lipinski definition) is 1. The summed E-state index contributed by atoms with van der Waals surface area (Å²) < 4.78 is 5.29. The summed E-state index contributed by atoms with van der Waals surface area (Å²) in [5.74, 6) is -0.380. The number of benzene rings is 1. The summed E-state index contributed by atoms with van der Waals surface area (Å²) in [5, 5.41) is 0. The van der Waals surface area contributed by atoms with Gasteiger partial charge in [-0.15, -0.1) is 0 Å². The van der Waals surface area contributed by atoms with Gasteiger partial charge < -0.3 is 10.5 Å². The molecule has 0 spiro atoms. The van der Waals surface area contributed by atoms with Crippen LogP contribution in [0, 0.1) is 0 Å². The molecule has 1 aromatic carbocycles. The summed E-state index contributed by atoms with van der Waals surface area (Å²) in [6.07, 6.45) is 0.154. The van der Waals surface area contributed by atoms with Crippen molar-refractivity contribution in [3.8, 4) is 0 Å². The zero-order chi connectivity index (χ0) is 9.26. The molecule has 2 N–H and O–H groups in total. The van der Waals surface area contributed by atoms with Crippen LogP contribution in [0.2, 0.25) is 0 Å². The third kappa shape index (κ3) is 1.55. The predicted octanol–water partition coefficient (Wildman–Crippen LogP) is 0.613. The Balaban J connectivity index is 2.24. The van der Waals surface area contributed by atoms with E-state index in [1.807, 2.05) is 24.3 Å². The van der Waals surface area contributed by atoms with Crippen LogP contribution in [0.3, 0.4) is 0 Å². The Morgan fingerprint density at radius 1 is 1.38 bits per heavy atom. The van der Waals surface area contributed by atoms with Gasteiger partial charge in [0.05, 0.1) is 6.61 Å². The number of carbonyl (C=O) groups is 1. The molecular formula is C10H11NO2. The van der Waals surface area contributed by atoms with E-state index in [1.54, 1.807) is 0 Å². The van der Waals surface area contributed by atoms with E-state index in [0.717, 1.165) is 11.1 Å². The Labute approximate surface area is 76.5 Å². The first-order valence-electron chi connectivity index (χ1n) is 4.25. The molecule has 3 heteroatoms. The Bertz CT molecular complexity index is 335. The fourth-order valence-corrected chi connectivity index (χ4v) is 1.53. The molecule has 0 fully saturated rings. The average molecular weight is 177 g/mol. The maximum atomic E-state index is 10.9. The zero-order valence-electron chi connectivity index (χ0n) is 7.19. The number of amides is 1. The third-order valence-electron chi connectivity index (χ3n) is 2.28. The van der Waals surface area contributed by atoms with Crippen LogP contribution in [0.15, 0.2) is 24.3 Å². The second-order valence-corrected chi connectivity index (χ2v) is 3.17. The Kier molecular flexibility index (Phi) is 2.02. The largest absolute Gasteiger partial charge is 0.367 e. The van der Waals surface area contributed by atoms with Gasteiger partial charge in [-0.05, 0) is 11.1 Å². The highest BCUT2D eigenvalue weighted by Gasteiger charge is 2.22. The monoisotopic (exact) mass is 177 g/mol. The van der Waals surface area contributed by atoms with E-state index in [0.29, 0.717) is 13.0 Å². The van der Waals surface area contributed by atoms with Crippen LogP contribution in [-0.2, 0) is 22.6 Å². The lowest BCUT2D eigenvalue weighted by Crippen LogP contribution is -2.35. The SMILES string of the molecule is NC(=O)[C@H]1Cc2ccccc2CO1. The van der Waals surface area contributed by atoms with E-state index >= 15 is 0 Å². The number of rotatable bonds is 1. The Hall–Kier alpha value is -1.35. The lowest BCUT2D eigenvalue weighted by Gasteiger charge is -2.22. The lowest BCUT2D eigenvalue weighted by molar-refractivity contribution is -0.131. The number of hydrogen-bond acceptors (Lipinski definition) is 2. The number of carbonyl (C=O) groups excluding carboxylic acids is 1. The average Bonchev–Trinajstić information content (AvgIpc) is 2.17. The topological polar surface area (TPSA) is 52.3 Å². The van der Waals surface area contributed by atoms with Crippen LogP contribution >= 0.6 is 0 Å². The molecule has 1 aromatic rings. The minimum atomic E-state index is -0.449. The van der Waals surface area contributed by atoms with Gasteiger partial charge in [0.1, 0.15) is 6.10 Å². The van der Waals surface area contributed by atoms with E-state index in [1.165, 1.54) is 0 Å². The molecule has 1 amide bonds. The van der Waals surface area contributed by atoms with E-state index in [4.69, 9.17) is 10.5 Å². The first-order chi connectivity index (χ1) is 6.27. The first-order valence-corrected chi connectivity index (χ1v) is 4.25. The highest BCUT2D eigenvalue weighted by atomic mass is 16.5. The summed E-state index contributed by atoms with van der Waals surface area (Å²) in [5.41, 5.74) is 7.48. The molecule has 1 aliphatic rings. The molecule has 13 heavy (non-hydrogen) atoms. The molecular weight excluding hydrogens is 166 g/mol. The van der Waals surface area contributed by atoms with Crippen molar-refractivity contribution < 1.29 is 9.53 Å². The van der Waals surface area contributed by atoms with Gasteiger partial charge >= 0.3 is 0 Å². The van der Waals surface area contributed by atoms with E-state index in [2.05, 4.69) is 0 Å². The maximum absolute atomic E-state index is 10.9. The van der Waals surface area contributed by atoms with Crippen molar-refractivity contribution in [1.29, 1.82) is 0 Å². The van der Waals surface area contributed by atoms with Gasteiger partial charge in [-0.2, -0.15) is 0 Å². The minimum Gasteiger partial charge on any atom is -0.367 e. The molecule has 1 aliphatic heterocycles. The fourth-order valence-electron chi connectivity index (χ4n) is 1.53. The van der Waals surface area contributed by atoms with Crippen LogP contribution in [-0.4, -0.2) is 12.0 Å². The Morgan fingerprint density at radius 2 is 2.08 bits per heavy atom. The lowest BCUT2D eigenvalue weighted by atomic mass is 9.99. The van der Waals surface area contributed by atoms with Crippen molar-refractivity contribution in [1.82, 2.24) is 0 Å². The van der Waals surface area contributed by atoms with Gasteiger partial charge in [0.25, 0.3) is 0 Å². The van der Waals surface area contributed by atoms with Crippen LogP contribution in [0.25, 0.3) is 0 Å². The van der Waals surface area contributed by atoms with Gasteiger partial charge in [-0.1, -0.05) is 24.3 Å². The highest BCUT2D eigenvalue weighted by Crippen LogP contribution is 2.19. The predicted molar refractivity (Wildman–Crippen MR) is 47.9 cm³/mol. The standard InChI is InChI=1S/C10H11NO2/c11-10(12)9-5-7-3-1-2-4-8(7)6-13-9/h1-4,9H,5-6H2,(H2,11,12)/t9-/m1/s1. The summed E-state index contributed by atoms with van der Waals surface area (Å²) in [6.45, 7) is 0.490. The van der Waals surface area contributed by atoms with Crippen LogP contribution in [0.1, 0.15) is 11.1 Å². The van der Waals surface area contributed by atoms with Crippen molar-refractivity contribution >= 4 is 5.91 Å². The number of ether oxygens (including phenoxy) is 1. The number of primary amides is 1.